The molecule has 0 aliphatic heterocycles. The first-order chi connectivity index (χ1) is 7.77. The molecular formula is C11H14Br3NO2. The van der Waals surface area contributed by atoms with E-state index in [1.165, 1.54) is 0 Å². The van der Waals surface area contributed by atoms with Gasteiger partial charge in [-0.2, -0.15) is 0 Å². The zero-order chi connectivity index (χ0) is 13.3. The second-order valence-electron chi connectivity index (χ2n) is 4.18. The summed E-state index contributed by atoms with van der Waals surface area (Å²) >= 11 is 9.92. The lowest BCUT2D eigenvalue weighted by molar-refractivity contribution is 0.0974. The predicted molar refractivity (Wildman–Crippen MR) is 79.0 cm³/mol. The SMILES string of the molecule is CC(C)[C@@H](O)[C@@H](N)c1c(Br)cc(Br)c(O)c1Br. The Bertz CT molecular complexity index is 424. The van der Waals surface area contributed by atoms with Crippen molar-refractivity contribution in [1.29, 1.82) is 0 Å². The van der Waals surface area contributed by atoms with Crippen LogP contribution in [0, 0.1) is 5.92 Å². The first-order valence-corrected chi connectivity index (χ1v) is 7.45. The van der Waals surface area contributed by atoms with E-state index in [1.807, 2.05) is 13.8 Å². The van der Waals surface area contributed by atoms with Crippen molar-refractivity contribution < 1.29 is 10.2 Å². The Morgan fingerprint density at radius 2 is 1.71 bits per heavy atom. The number of aliphatic hydroxyl groups is 1. The van der Waals surface area contributed by atoms with Gasteiger partial charge in [0.05, 0.1) is 21.1 Å². The monoisotopic (exact) mass is 429 g/mol. The summed E-state index contributed by atoms with van der Waals surface area (Å²) in [5, 5.41) is 19.8. The van der Waals surface area contributed by atoms with Gasteiger partial charge in [0.25, 0.3) is 0 Å². The largest absolute Gasteiger partial charge is 0.506 e. The molecule has 0 heterocycles. The first-order valence-electron chi connectivity index (χ1n) is 5.07. The molecule has 17 heavy (non-hydrogen) atoms. The van der Waals surface area contributed by atoms with Crippen molar-refractivity contribution in [2.45, 2.75) is 26.0 Å². The molecule has 0 spiro atoms. The van der Waals surface area contributed by atoms with Crippen LogP contribution in [0.3, 0.4) is 0 Å². The average molecular weight is 432 g/mol. The lowest BCUT2D eigenvalue weighted by Crippen LogP contribution is -2.31. The smallest absolute Gasteiger partial charge is 0.144 e. The third-order valence-corrected chi connectivity index (χ3v) is 4.63. The molecule has 0 unspecified atom stereocenters. The highest BCUT2D eigenvalue weighted by atomic mass is 79.9. The van der Waals surface area contributed by atoms with Gasteiger partial charge in [-0.3, -0.25) is 0 Å². The highest BCUT2D eigenvalue weighted by Gasteiger charge is 2.26. The molecule has 6 heteroatoms. The van der Waals surface area contributed by atoms with Crippen LogP contribution in [0.2, 0.25) is 0 Å². The fourth-order valence-electron chi connectivity index (χ4n) is 1.49. The molecule has 3 nitrogen and oxygen atoms in total. The van der Waals surface area contributed by atoms with E-state index in [1.54, 1.807) is 6.07 Å². The lowest BCUT2D eigenvalue weighted by atomic mass is 9.94. The van der Waals surface area contributed by atoms with Crippen LogP contribution in [0.5, 0.6) is 5.75 Å². The van der Waals surface area contributed by atoms with E-state index in [4.69, 9.17) is 5.73 Å². The average Bonchev–Trinajstić information content (AvgIpc) is 2.24. The van der Waals surface area contributed by atoms with E-state index in [2.05, 4.69) is 47.8 Å². The maximum absolute atomic E-state index is 10.00. The number of halogens is 3. The number of nitrogens with two attached hydrogens (primary N) is 1. The van der Waals surface area contributed by atoms with Gasteiger partial charge >= 0.3 is 0 Å². The molecular weight excluding hydrogens is 418 g/mol. The molecule has 0 aromatic heterocycles. The number of phenols is 1. The second kappa shape index (κ2) is 6.02. The van der Waals surface area contributed by atoms with Gasteiger partial charge in [-0.05, 0) is 43.8 Å². The summed E-state index contributed by atoms with van der Waals surface area (Å²) in [4.78, 5) is 0. The lowest BCUT2D eigenvalue weighted by Gasteiger charge is -2.25. The summed E-state index contributed by atoms with van der Waals surface area (Å²) in [5.41, 5.74) is 6.68. The summed E-state index contributed by atoms with van der Waals surface area (Å²) in [6.07, 6.45) is -0.678. The van der Waals surface area contributed by atoms with E-state index in [0.29, 0.717) is 14.5 Å². The fourth-order valence-corrected chi connectivity index (χ4v) is 4.14. The topological polar surface area (TPSA) is 66.5 Å². The van der Waals surface area contributed by atoms with Crippen LogP contribution >= 0.6 is 47.8 Å². The predicted octanol–water partition coefficient (Wildman–Crippen LogP) is 3.70. The molecule has 4 N–H and O–H groups in total. The van der Waals surface area contributed by atoms with E-state index < -0.39 is 12.1 Å². The van der Waals surface area contributed by atoms with Gasteiger partial charge in [-0.25, -0.2) is 0 Å². The molecule has 1 aromatic carbocycles. The fraction of sp³-hybridized carbons (Fsp3) is 0.455. The number of aliphatic hydroxyl groups excluding tert-OH is 1. The van der Waals surface area contributed by atoms with Crippen molar-refractivity contribution in [3.05, 3.63) is 25.0 Å². The molecule has 0 bridgehead atoms. The third kappa shape index (κ3) is 3.23. The van der Waals surface area contributed by atoms with Gasteiger partial charge in [0.1, 0.15) is 5.75 Å². The van der Waals surface area contributed by atoms with Gasteiger partial charge in [0.2, 0.25) is 0 Å². The Morgan fingerprint density at radius 1 is 1.18 bits per heavy atom. The van der Waals surface area contributed by atoms with Gasteiger partial charge in [0, 0.05) is 10.0 Å². The highest BCUT2D eigenvalue weighted by Crippen LogP contribution is 2.42. The molecule has 0 aliphatic rings. The second-order valence-corrected chi connectivity index (χ2v) is 6.68. The van der Waals surface area contributed by atoms with Crippen LogP contribution in [0.1, 0.15) is 25.5 Å². The van der Waals surface area contributed by atoms with Crippen molar-refractivity contribution >= 4 is 47.8 Å². The first kappa shape index (κ1) is 15.4. The third-order valence-electron chi connectivity index (χ3n) is 2.57. The molecule has 0 radical (unpaired) electrons. The minimum atomic E-state index is -0.678. The standard InChI is InChI=1S/C11H14Br3NO2/c1-4(2)10(16)9(15)7-5(12)3-6(13)11(17)8(7)14/h3-4,9-10,16-17H,15H2,1-2H3/t9-,10+/m0/s1. The van der Waals surface area contributed by atoms with Crippen molar-refractivity contribution in [3.63, 3.8) is 0 Å². The van der Waals surface area contributed by atoms with E-state index >= 15 is 0 Å². The Balaban J connectivity index is 3.27. The van der Waals surface area contributed by atoms with Gasteiger partial charge in [-0.15, -0.1) is 0 Å². The quantitative estimate of drug-likeness (QED) is 0.683. The number of aromatic hydroxyl groups is 1. The van der Waals surface area contributed by atoms with Crippen molar-refractivity contribution in [2.75, 3.05) is 0 Å². The minimum absolute atomic E-state index is 0.0367. The van der Waals surface area contributed by atoms with Crippen molar-refractivity contribution in [3.8, 4) is 5.75 Å². The summed E-state index contributed by atoms with van der Waals surface area (Å²) in [5.74, 6) is 0.115. The Hall–Kier alpha value is 0.380. The normalized spacial score (nSPS) is 15.1. The summed E-state index contributed by atoms with van der Waals surface area (Å²) < 4.78 is 1.79. The molecule has 2 atom stereocenters. The molecule has 0 saturated carbocycles. The molecule has 1 aromatic rings. The Kier molecular flexibility index (Phi) is 5.46. The zero-order valence-corrected chi connectivity index (χ0v) is 14.2. The number of phenolic OH excluding ortho intramolecular Hbond substituents is 1. The summed E-state index contributed by atoms with van der Waals surface area (Å²) in [6, 6.07) is 1.14. The maximum Gasteiger partial charge on any atom is 0.144 e. The number of hydrogen-bond donors (Lipinski definition) is 3. The Morgan fingerprint density at radius 3 is 2.18 bits per heavy atom. The van der Waals surface area contributed by atoms with E-state index in [9.17, 15) is 10.2 Å². The molecule has 0 aliphatic carbocycles. The van der Waals surface area contributed by atoms with Gasteiger partial charge < -0.3 is 15.9 Å². The molecule has 1 rings (SSSR count). The van der Waals surface area contributed by atoms with Crippen LogP contribution in [0.4, 0.5) is 0 Å². The van der Waals surface area contributed by atoms with Crippen LogP contribution in [0.15, 0.2) is 19.5 Å². The minimum Gasteiger partial charge on any atom is -0.506 e. The zero-order valence-electron chi connectivity index (χ0n) is 9.42. The van der Waals surface area contributed by atoms with Crippen LogP contribution < -0.4 is 5.73 Å². The summed E-state index contributed by atoms with van der Waals surface area (Å²) in [6.45, 7) is 3.79. The highest BCUT2D eigenvalue weighted by molar-refractivity contribution is 9.11. The van der Waals surface area contributed by atoms with Crippen LogP contribution in [0.25, 0.3) is 0 Å². The number of rotatable bonds is 3. The van der Waals surface area contributed by atoms with E-state index in [0.717, 1.165) is 4.47 Å². The number of hydrogen-bond acceptors (Lipinski definition) is 3. The van der Waals surface area contributed by atoms with E-state index in [-0.39, 0.29) is 11.7 Å². The van der Waals surface area contributed by atoms with Crippen molar-refractivity contribution in [1.82, 2.24) is 0 Å². The summed E-state index contributed by atoms with van der Waals surface area (Å²) in [7, 11) is 0. The molecule has 96 valence electrons. The van der Waals surface area contributed by atoms with Gasteiger partial charge in [-0.1, -0.05) is 29.8 Å². The van der Waals surface area contributed by atoms with Crippen LogP contribution in [-0.4, -0.2) is 16.3 Å². The molecule has 0 saturated heterocycles. The maximum atomic E-state index is 10.00. The number of benzene rings is 1. The van der Waals surface area contributed by atoms with Gasteiger partial charge in [0.15, 0.2) is 0 Å². The Labute approximate surface area is 126 Å². The molecule has 0 amide bonds. The molecule has 0 fully saturated rings. The van der Waals surface area contributed by atoms with Crippen LogP contribution in [-0.2, 0) is 0 Å². The van der Waals surface area contributed by atoms with Crippen molar-refractivity contribution in [2.24, 2.45) is 11.7 Å².